The van der Waals surface area contributed by atoms with Gasteiger partial charge in [-0.05, 0) is 6.42 Å². The first-order chi connectivity index (χ1) is 2.77. The smallest absolute Gasteiger partial charge is 0.0233 e. The van der Waals surface area contributed by atoms with Crippen LogP contribution in [-0.2, 0) is 0 Å². The molecule has 0 aromatic heterocycles. The highest BCUT2D eigenvalue weighted by molar-refractivity contribution is 9.09. The molecule has 0 aliphatic carbocycles. The average Bonchev–Trinajstić information content (AvgIpc) is 1.35. The van der Waals surface area contributed by atoms with E-state index in [0.717, 1.165) is 12.3 Å². The second kappa shape index (κ2) is 3.94. The maximum atomic E-state index is 5.37. The molecule has 6 heavy (non-hydrogen) atoms. The number of hydrogen-bond acceptors (Lipinski definition) is 0. The Balaban J connectivity index is 2.63. The molecule has 2 heteroatoms. The van der Waals surface area contributed by atoms with Crippen LogP contribution in [0.5, 0.6) is 0 Å². The van der Waals surface area contributed by atoms with Crippen molar-refractivity contribution in [3.63, 3.8) is 0 Å². The largest absolute Gasteiger partial charge is 0.127 e. The van der Waals surface area contributed by atoms with Gasteiger partial charge in [0.25, 0.3) is 0 Å². The molecule has 1 atom stereocenters. The summed E-state index contributed by atoms with van der Waals surface area (Å²) in [6.07, 6.45) is 1.06. The van der Waals surface area contributed by atoms with Crippen LogP contribution < -0.4 is 0 Å². The summed E-state index contributed by atoms with van der Waals surface area (Å²) in [5, 5.41) is 0. The third-order valence-corrected chi connectivity index (χ3v) is 1.18. The fourth-order valence-electron chi connectivity index (χ4n) is 0.150. The molecule has 0 bridgehead atoms. The lowest BCUT2D eigenvalue weighted by atomic mass is 10.4. The van der Waals surface area contributed by atoms with Gasteiger partial charge in [-0.1, -0.05) is 22.9 Å². The predicted octanol–water partition coefficient (Wildman–Crippen LogP) is 2.40. The van der Waals surface area contributed by atoms with Gasteiger partial charge in [0, 0.05) is 10.7 Å². The molecule has 0 spiro atoms. The minimum atomic E-state index is 0.579. The molecule has 0 nitrogen and oxygen atoms in total. The van der Waals surface area contributed by atoms with Crippen molar-refractivity contribution in [1.29, 1.82) is 0 Å². The summed E-state index contributed by atoms with van der Waals surface area (Å²) in [7, 11) is 0. The first-order valence-electron chi connectivity index (χ1n) is 1.97. The van der Waals surface area contributed by atoms with Crippen LogP contribution in [0.3, 0.4) is 0 Å². The Morgan fingerprint density at radius 2 is 2.33 bits per heavy atom. The van der Waals surface area contributed by atoms with Crippen LogP contribution in [0, 0.1) is 0 Å². The maximum Gasteiger partial charge on any atom is 0.0233 e. The number of rotatable bonds is 2. The van der Waals surface area contributed by atoms with E-state index in [0.29, 0.717) is 4.83 Å². The molecule has 0 aliphatic rings. The summed E-state index contributed by atoms with van der Waals surface area (Å²) >= 11 is 8.72. The lowest BCUT2D eigenvalue weighted by Gasteiger charge is -1.92. The van der Waals surface area contributed by atoms with Crippen molar-refractivity contribution in [3.8, 4) is 0 Å². The van der Waals surface area contributed by atoms with Crippen LogP contribution in [0.1, 0.15) is 13.3 Å². The van der Waals surface area contributed by atoms with Crippen LogP contribution in [0.2, 0.25) is 0 Å². The first-order valence-corrected chi connectivity index (χ1v) is 3.42. The van der Waals surface area contributed by atoms with E-state index in [9.17, 15) is 0 Å². The highest BCUT2D eigenvalue weighted by Gasteiger charge is 1.89. The van der Waals surface area contributed by atoms with E-state index >= 15 is 0 Å². The third kappa shape index (κ3) is 4.77. The molecule has 0 saturated heterocycles. The minimum Gasteiger partial charge on any atom is -0.127 e. The Kier molecular flexibility index (Phi) is 4.45. The van der Waals surface area contributed by atoms with Crippen molar-refractivity contribution in [1.82, 2.24) is 0 Å². The van der Waals surface area contributed by atoms with E-state index in [4.69, 9.17) is 11.6 Å². The molecular weight excluding hydrogens is 163 g/mol. The van der Waals surface area contributed by atoms with Gasteiger partial charge in [0.05, 0.1) is 0 Å². The molecule has 38 valence electrons. The van der Waals surface area contributed by atoms with Crippen LogP contribution >= 0.6 is 27.5 Å². The van der Waals surface area contributed by atoms with Crippen molar-refractivity contribution in [3.05, 3.63) is 0 Å². The lowest BCUT2D eigenvalue weighted by molar-refractivity contribution is 0.929. The summed E-state index contributed by atoms with van der Waals surface area (Å²) in [4.78, 5) is 0.579. The third-order valence-electron chi connectivity index (χ3n) is 0.507. The molecule has 0 heterocycles. The van der Waals surface area contributed by atoms with Gasteiger partial charge in [-0.25, -0.2) is 0 Å². The van der Waals surface area contributed by atoms with E-state index in [-0.39, 0.29) is 0 Å². The van der Waals surface area contributed by atoms with Crippen LogP contribution in [0.15, 0.2) is 0 Å². The molecule has 0 fully saturated rings. The lowest BCUT2D eigenvalue weighted by Crippen LogP contribution is -1.87. The van der Waals surface area contributed by atoms with E-state index in [1.807, 2.05) is 0 Å². The summed E-state index contributed by atoms with van der Waals surface area (Å²) < 4.78 is 0. The van der Waals surface area contributed by atoms with Gasteiger partial charge >= 0.3 is 0 Å². The quantitative estimate of drug-likeness (QED) is 0.560. The molecule has 0 radical (unpaired) electrons. The zero-order chi connectivity index (χ0) is 4.99. The fraction of sp³-hybridized carbons (Fsp3) is 1.00. The molecule has 0 N–H and O–H groups in total. The minimum absolute atomic E-state index is 0.579. The highest BCUT2D eigenvalue weighted by atomic mass is 79.9. The standard InChI is InChI=1S/C4H8BrCl/c1-4(5)2-3-6/h4H,2-3H2,1H3. The zero-order valence-corrected chi connectivity index (χ0v) is 6.09. The maximum absolute atomic E-state index is 5.37. The number of halogens is 2. The number of hydrogen-bond donors (Lipinski definition) is 0. The van der Waals surface area contributed by atoms with Crippen LogP contribution in [0.4, 0.5) is 0 Å². The van der Waals surface area contributed by atoms with Crippen molar-refractivity contribution in [2.24, 2.45) is 0 Å². The van der Waals surface area contributed by atoms with Gasteiger partial charge in [-0.15, -0.1) is 11.6 Å². The Labute approximate surface area is 52.0 Å². The van der Waals surface area contributed by atoms with Crippen LogP contribution in [0.25, 0.3) is 0 Å². The Morgan fingerprint density at radius 3 is 2.33 bits per heavy atom. The summed E-state index contributed by atoms with van der Waals surface area (Å²) in [6, 6.07) is 0. The normalized spacial score (nSPS) is 14.5. The van der Waals surface area contributed by atoms with E-state index in [1.165, 1.54) is 0 Å². The van der Waals surface area contributed by atoms with Crippen LogP contribution in [-0.4, -0.2) is 10.7 Å². The molecular formula is C4H8BrCl. The SMILES string of the molecule is CC(Br)CCCl. The zero-order valence-electron chi connectivity index (χ0n) is 3.75. The molecule has 0 aromatic carbocycles. The molecule has 0 amide bonds. The molecule has 0 aromatic rings. The molecule has 0 saturated carbocycles. The van der Waals surface area contributed by atoms with Crippen molar-refractivity contribution in [2.45, 2.75) is 18.2 Å². The van der Waals surface area contributed by atoms with Gasteiger partial charge in [0.1, 0.15) is 0 Å². The van der Waals surface area contributed by atoms with Crippen molar-refractivity contribution >= 4 is 27.5 Å². The predicted molar refractivity (Wildman–Crippen MR) is 33.7 cm³/mol. The topological polar surface area (TPSA) is 0 Å². The molecule has 0 aliphatic heterocycles. The fourth-order valence-corrected chi connectivity index (χ4v) is 0.970. The van der Waals surface area contributed by atoms with Gasteiger partial charge in [0.2, 0.25) is 0 Å². The highest BCUT2D eigenvalue weighted by Crippen LogP contribution is 2.02. The van der Waals surface area contributed by atoms with E-state index < -0.39 is 0 Å². The Morgan fingerprint density at radius 1 is 1.83 bits per heavy atom. The Bertz CT molecular complexity index is 28.7. The first kappa shape index (κ1) is 6.77. The van der Waals surface area contributed by atoms with Gasteiger partial charge in [0.15, 0.2) is 0 Å². The average molecular weight is 171 g/mol. The number of alkyl halides is 2. The summed E-state index contributed by atoms with van der Waals surface area (Å²) in [5.41, 5.74) is 0. The molecule has 0 rings (SSSR count). The summed E-state index contributed by atoms with van der Waals surface area (Å²) in [5.74, 6) is 0.756. The Hall–Kier alpha value is 0.770. The van der Waals surface area contributed by atoms with E-state index in [2.05, 4.69) is 22.9 Å². The van der Waals surface area contributed by atoms with Crippen molar-refractivity contribution in [2.75, 3.05) is 5.88 Å². The second-order valence-corrected chi connectivity index (χ2v) is 3.20. The van der Waals surface area contributed by atoms with Gasteiger partial charge in [-0.3, -0.25) is 0 Å². The van der Waals surface area contributed by atoms with Gasteiger partial charge in [-0.2, -0.15) is 0 Å². The molecule has 1 unspecified atom stereocenters. The van der Waals surface area contributed by atoms with E-state index in [1.54, 1.807) is 0 Å². The van der Waals surface area contributed by atoms with Gasteiger partial charge < -0.3 is 0 Å². The van der Waals surface area contributed by atoms with Crippen molar-refractivity contribution < 1.29 is 0 Å². The summed E-state index contributed by atoms with van der Waals surface area (Å²) in [6.45, 7) is 2.09. The monoisotopic (exact) mass is 170 g/mol. The second-order valence-electron chi connectivity index (χ2n) is 1.26.